The number of ether oxygens (including phenoxy) is 4. The van der Waals surface area contributed by atoms with Crippen LogP contribution in [-0.2, 0) is 19.1 Å². The minimum atomic E-state index is -0.225. The molecule has 0 N–H and O–H groups in total. The molecule has 6 nitrogen and oxygen atoms in total. The summed E-state index contributed by atoms with van der Waals surface area (Å²) in [7, 11) is 3.12. The van der Waals surface area contributed by atoms with E-state index in [0.717, 1.165) is 11.1 Å². The summed E-state index contributed by atoms with van der Waals surface area (Å²) in [6, 6.07) is 14.9. The average Bonchev–Trinajstić information content (AvgIpc) is 2.78. The minimum absolute atomic E-state index is 0.0860. The average molecular weight is 422 g/mol. The Hall–Kier alpha value is -3.22. The van der Waals surface area contributed by atoms with Crippen molar-refractivity contribution in [3.05, 3.63) is 76.9 Å². The number of benzene rings is 2. The smallest absolute Gasteiger partial charge is 0.188 e. The maximum atomic E-state index is 12.9. The van der Waals surface area contributed by atoms with Gasteiger partial charge in [-0.3, -0.25) is 9.59 Å². The predicted octanol–water partition coefficient (Wildman–Crippen LogP) is 4.31. The maximum absolute atomic E-state index is 12.9. The van der Waals surface area contributed by atoms with E-state index in [9.17, 15) is 9.59 Å². The molecule has 2 aromatic carbocycles. The van der Waals surface area contributed by atoms with Gasteiger partial charge >= 0.3 is 0 Å². The largest absolute Gasteiger partial charge is 0.468 e. The van der Waals surface area contributed by atoms with Gasteiger partial charge in [-0.1, -0.05) is 24.3 Å². The lowest BCUT2D eigenvalue weighted by molar-refractivity contribution is -0.115. The Morgan fingerprint density at radius 1 is 0.935 bits per heavy atom. The fourth-order valence-corrected chi connectivity index (χ4v) is 3.41. The first kappa shape index (κ1) is 22.5. The van der Waals surface area contributed by atoms with E-state index in [0.29, 0.717) is 29.1 Å². The molecule has 0 aromatic heterocycles. The van der Waals surface area contributed by atoms with Crippen molar-refractivity contribution in [3.8, 4) is 11.5 Å². The van der Waals surface area contributed by atoms with Crippen molar-refractivity contribution < 1.29 is 28.5 Å². The number of carbonyl (C=O) groups is 2. The summed E-state index contributed by atoms with van der Waals surface area (Å²) in [5.74, 6) is 0.892. The predicted molar refractivity (Wildman–Crippen MR) is 117 cm³/mol. The van der Waals surface area contributed by atoms with Crippen LogP contribution in [0.2, 0.25) is 0 Å². The second-order valence-electron chi connectivity index (χ2n) is 7.19. The Balaban J connectivity index is 1.92. The van der Waals surface area contributed by atoms with E-state index in [1.807, 2.05) is 54.6 Å². The summed E-state index contributed by atoms with van der Waals surface area (Å²) in [5.41, 5.74) is 2.99. The fraction of sp³-hybridized carbons (Fsp3) is 0.280. The second kappa shape index (κ2) is 10.7. The molecule has 1 aliphatic carbocycles. The summed E-state index contributed by atoms with van der Waals surface area (Å²) in [6.07, 6.45) is 3.80. The van der Waals surface area contributed by atoms with Gasteiger partial charge in [0.05, 0.1) is 0 Å². The van der Waals surface area contributed by atoms with Crippen LogP contribution in [0.4, 0.5) is 0 Å². The number of allylic oxidation sites excluding steroid dienone is 3. The van der Waals surface area contributed by atoms with E-state index >= 15 is 0 Å². The monoisotopic (exact) mass is 422 g/mol. The Bertz CT molecular complexity index is 970. The summed E-state index contributed by atoms with van der Waals surface area (Å²) in [4.78, 5) is 24.9. The molecule has 0 amide bonds. The molecule has 2 aromatic rings. The number of hydrogen-bond donors (Lipinski definition) is 0. The number of rotatable bonds is 9. The van der Waals surface area contributed by atoms with Crippen LogP contribution in [-0.4, -0.2) is 39.4 Å². The third-order valence-corrected chi connectivity index (χ3v) is 5.01. The lowest BCUT2D eigenvalue weighted by Gasteiger charge is -2.25. The standard InChI is InChI=1S/C25H26O6/c1-17(26)20-13-23(19-6-10-22(11-7-19)31-16-29-3)24(25(27)14-20)12-18-4-8-21(9-5-18)30-15-28-2/h4-12,14,23H,13,15-16H2,1-3H3/b24-12-. The molecule has 0 saturated carbocycles. The van der Waals surface area contributed by atoms with Gasteiger partial charge in [0.1, 0.15) is 11.5 Å². The molecular formula is C25H26O6. The molecule has 1 unspecified atom stereocenters. The summed E-state index contributed by atoms with van der Waals surface area (Å²) in [6.45, 7) is 1.82. The zero-order chi connectivity index (χ0) is 22.2. The molecule has 162 valence electrons. The topological polar surface area (TPSA) is 71.1 Å². The molecule has 0 fully saturated rings. The van der Waals surface area contributed by atoms with Crippen LogP contribution in [0.15, 0.2) is 65.8 Å². The van der Waals surface area contributed by atoms with Gasteiger partial charge in [0.2, 0.25) is 0 Å². The molecular weight excluding hydrogens is 396 g/mol. The first-order valence-electron chi connectivity index (χ1n) is 9.92. The van der Waals surface area contributed by atoms with Crippen molar-refractivity contribution in [2.75, 3.05) is 27.8 Å². The molecule has 1 aliphatic rings. The van der Waals surface area contributed by atoms with Crippen LogP contribution in [0.5, 0.6) is 11.5 Å². The number of ketones is 2. The van der Waals surface area contributed by atoms with Gasteiger partial charge in [0, 0.05) is 25.7 Å². The molecule has 3 rings (SSSR count). The Labute approximate surface area is 182 Å². The quantitative estimate of drug-likeness (QED) is 0.443. The molecule has 31 heavy (non-hydrogen) atoms. The van der Waals surface area contributed by atoms with Gasteiger partial charge in [0.25, 0.3) is 0 Å². The van der Waals surface area contributed by atoms with E-state index in [-0.39, 0.29) is 31.1 Å². The van der Waals surface area contributed by atoms with Crippen LogP contribution in [0.3, 0.4) is 0 Å². The van der Waals surface area contributed by atoms with Crippen molar-refractivity contribution in [1.29, 1.82) is 0 Å². The van der Waals surface area contributed by atoms with Crippen molar-refractivity contribution in [3.63, 3.8) is 0 Å². The van der Waals surface area contributed by atoms with Gasteiger partial charge in [0.15, 0.2) is 25.2 Å². The van der Waals surface area contributed by atoms with Crippen molar-refractivity contribution in [2.45, 2.75) is 19.3 Å². The van der Waals surface area contributed by atoms with Crippen molar-refractivity contribution >= 4 is 17.6 Å². The van der Waals surface area contributed by atoms with Gasteiger partial charge < -0.3 is 18.9 Å². The Morgan fingerprint density at radius 3 is 2.00 bits per heavy atom. The number of methoxy groups -OCH3 is 2. The molecule has 0 aliphatic heterocycles. The van der Waals surface area contributed by atoms with E-state index in [1.54, 1.807) is 14.2 Å². The molecule has 0 radical (unpaired) electrons. The van der Waals surface area contributed by atoms with Crippen molar-refractivity contribution in [1.82, 2.24) is 0 Å². The van der Waals surface area contributed by atoms with Gasteiger partial charge in [-0.2, -0.15) is 0 Å². The highest BCUT2D eigenvalue weighted by Gasteiger charge is 2.29. The highest BCUT2D eigenvalue weighted by atomic mass is 16.7. The Morgan fingerprint density at radius 2 is 1.48 bits per heavy atom. The third kappa shape index (κ3) is 5.90. The highest BCUT2D eigenvalue weighted by Crippen LogP contribution is 2.37. The van der Waals surface area contributed by atoms with E-state index in [2.05, 4.69) is 0 Å². The molecule has 0 heterocycles. The number of carbonyl (C=O) groups excluding carboxylic acids is 2. The zero-order valence-electron chi connectivity index (χ0n) is 17.9. The number of hydrogen-bond acceptors (Lipinski definition) is 6. The lowest BCUT2D eigenvalue weighted by Crippen LogP contribution is -2.19. The molecule has 0 saturated heterocycles. The van der Waals surface area contributed by atoms with Crippen LogP contribution in [0.1, 0.15) is 30.4 Å². The fourth-order valence-electron chi connectivity index (χ4n) is 3.41. The second-order valence-corrected chi connectivity index (χ2v) is 7.19. The summed E-state index contributed by atoms with van der Waals surface area (Å²) < 4.78 is 20.7. The zero-order valence-corrected chi connectivity index (χ0v) is 17.9. The normalized spacial score (nSPS) is 17.4. The molecule has 6 heteroatoms. The van der Waals surface area contributed by atoms with Crippen molar-refractivity contribution in [2.24, 2.45) is 0 Å². The third-order valence-electron chi connectivity index (χ3n) is 5.01. The first-order valence-corrected chi connectivity index (χ1v) is 9.92. The van der Waals surface area contributed by atoms with Gasteiger partial charge in [-0.25, -0.2) is 0 Å². The van der Waals surface area contributed by atoms with E-state index in [1.165, 1.54) is 13.0 Å². The van der Waals surface area contributed by atoms with Crippen LogP contribution in [0, 0.1) is 0 Å². The molecule has 0 bridgehead atoms. The SMILES string of the molecule is COCOc1ccc(/C=C2\C(=O)C=C(C(C)=O)CC2c2ccc(OCOC)cc2)cc1. The lowest BCUT2D eigenvalue weighted by atomic mass is 9.77. The van der Waals surface area contributed by atoms with Crippen LogP contribution < -0.4 is 9.47 Å². The van der Waals surface area contributed by atoms with Crippen LogP contribution in [0.25, 0.3) is 6.08 Å². The van der Waals surface area contributed by atoms with Gasteiger partial charge in [-0.15, -0.1) is 0 Å². The van der Waals surface area contributed by atoms with E-state index < -0.39 is 0 Å². The van der Waals surface area contributed by atoms with Crippen LogP contribution >= 0.6 is 0 Å². The summed E-state index contributed by atoms with van der Waals surface area (Å²) >= 11 is 0. The maximum Gasteiger partial charge on any atom is 0.188 e. The van der Waals surface area contributed by atoms with Gasteiger partial charge in [-0.05, 0) is 66.5 Å². The minimum Gasteiger partial charge on any atom is -0.468 e. The first-order chi connectivity index (χ1) is 15.0. The molecule has 0 spiro atoms. The summed E-state index contributed by atoms with van der Waals surface area (Å²) in [5, 5.41) is 0. The molecule has 1 atom stereocenters. The van der Waals surface area contributed by atoms with E-state index in [4.69, 9.17) is 18.9 Å². The number of Topliss-reactive ketones (excluding diaryl/α,β-unsaturated/α-hetero) is 1. The highest BCUT2D eigenvalue weighted by molar-refractivity contribution is 6.14. The Kier molecular flexibility index (Phi) is 7.76.